The molecule has 1 aromatic heterocycles. The molecule has 1 aromatic rings. The first-order valence-corrected chi connectivity index (χ1v) is 10.5. The fourth-order valence-electron chi connectivity index (χ4n) is 4.90. The summed E-state index contributed by atoms with van der Waals surface area (Å²) >= 11 is 0. The van der Waals surface area contributed by atoms with Crippen molar-refractivity contribution in [2.24, 2.45) is 0 Å². The summed E-state index contributed by atoms with van der Waals surface area (Å²) < 4.78 is 22.7. The van der Waals surface area contributed by atoms with Crippen LogP contribution in [-0.4, -0.2) is 46.8 Å². The van der Waals surface area contributed by atoms with E-state index in [1.54, 1.807) is 26.8 Å². The van der Waals surface area contributed by atoms with E-state index in [2.05, 4.69) is 0 Å². The van der Waals surface area contributed by atoms with Crippen LogP contribution in [0.5, 0.6) is 5.75 Å². The van der Waals surface area contributed by atoms with Gasteiger partial charge in [-0.1, -0.05) is 11.6 Å². The number of ether oxygens (including phenoxy) is 3. The van der Waals surface area contributed by atoms with Gasteiger partial charge in [-0.05, 0) is 67.0 Å². The molecule has 3 rings (SSSR count). The van der Waals surface area contributed by atoms with Gasteiger partial charge in [0.2, 0.25) is 0 Å². The van der Waals surface area contributed by atoms with E-state index in [1.165, 1.54) is 14.0 Å². The molecule has 2 N–H and O–H groups in total. The standard InChI is InChI=1S/C24H34O7/c1-12(11-22(6)21-24(8,31-21)16(5)30-22)10-13(2)18(25)23(7,27)19-14(3)17(28-9)15(4)20(26)29-19/h10-11,16,18,21,25,27H,1-9H3/b12-11+,13-10+/t16-,18+,21+,22+,23?,24-/m1/s1. The Hall–Kier alpha value is -1.93. The molecular formula is C24H34O7. The largest absolute Gasteiger partial charge is 0.496 e. The minimum atomic E-state index is -1.84. The number of aliphatic hydroxyl groups excluding tert-OH is 1. The zero-order valence-corrected chi connectivity index (χ0v) is 19.8. The molecule has 3 heterocycles. The number of methoxy groups -OCH3 is 1. The van der Waals surface area contributed by atoms with Crippen molar-refractivity contribution in [3.8, 4) is 5.75 Å². The molecule has 2 aliphatic rings. The molecule has 0 aliphatic carbocycles. The average Bonchev–Trinajstić information content (AvgIpc) is 3.34. The maximum absolute atomic E-state index is 12.2. The van der Waals surface area contributed by atoms with Gasteiger partial charge in [0.25, 0.3) is 0 Å². The first-order chi connectivity index (χ1) is 14.2. The third kappa shape index (κ3) is 3.78. The molecule has 172 valence electrons. The number of hydrogen-bond donors (Lipinski definition) is 2. The molecule has 7 nitrogen and oxygen atoms in total. The van der Waals surface area contributed by atoms with Crippen molar-refractivity contribution in [2.75, 3.05) is 7.11 Å². The minimum absolute atomic E-state index is 0.00894. The molecule has 2 fully saturated rings. The number of aliphatic hydroxyl groups is 2. The molecule has 0 aromatic carbocycles. The van der Waals surface area contributed by atoms with Crippen LogP contribution in [0.15, 0.2) is 32.5 Å². The second kappa shape index (κ2) is 7.59. The van der Waals surface area contributed by atoms with E-state index in [9.17, 15) is 15.0 Å². The predicted octanol–water partition coefficient (Wildman–Crippen LogP) is 3.06. The third-order valence-electron chi connectivity index (χ3n) is 6.71. The van der Waals surface area contributed by atoms with E-state index >= 15 is 0 Å². The molecule has 0 amide bonds. The average molecular weight is 435 g/mol. The van der Waals surface area contributed by atoms with Crippen LogP contribution in [0.2, 0.25) is 0 Å². The Balaban J connectivity index is 1.90. The van der Waals surface area contributed by atoms with Crippen LogP contribution in [-0.2, 0) is 15.1 Å². The molecule has 0 radical (unpaired) electrons. The smallest absolute Gasteiger partial charge is 0.342 e. The van der Waals surface area contributed by atoms with Gasteiger partial charge < -0.3 is 28.8 Å². The molecule has 0 saturated carbocycles. The molecule has 0 spiro atoms. The Kier molecular flexibility index (Phi) is 5.81. The van der Waals surface area contributed by atoms with E-state index in [0.29, 0.717) is 22.4 Å². The lowest BCUT2D eigenvalue weighted by Crippen LogP contribution is -2.39. The first kappa shape index (κ1) is 23.7. The molecule has 1 unspecified atom stereocenters. The van der Waals surface area contributed by atoms with Crippen LogP contribution in [0.1, 0.15) is 58.4 Å². The van der Waals surface area contributed by atoms with Gasteiger partial charge in [-0.3, -0.25) is 0 Å². The van der Waals surface area contributed by atoms with Gasteiger partial charge in [-0.15, -0.1) is 0 Å². The minimum Gasteiger partial charge on any atom is -0.496 e. The van der Waals surface area contributed by atoms with E-state index < -0.39 is 22.9 Å². The highest BCUT2D eigenvalue weighted by molar-refractivity contribution is 5.42. The van der Waals surface area contributed by atoms with Gasteiger partial charge in [-0.25, -0.2) is 4.79 Å². The second-order valence-electron chi connectivity index (χ2n) is 9.45. The number of rotatable bonds is 6. The summed E-state index contributed by atoms with van der Waals surface area (Å²) in [5.74, 6) is 0.313. The van der Waals surface area contributed by atoms with Crippen molar-refractivity contribution in [1.29, 1.82) is 0 Å². The molecule has 31 heavy (non-hydrogen) atoms. The highest BCUT2D eigenvalue weighted by Crippen LogP contribution is 2.55. The van der Waals surface area contributed by atoms with Gasteiger partial charge in [0, 0.05) is 5.56 Å². The number of allylic oxidation sites excluding steroid dienone is 2. The van der Waals surface area contributed by atoms with Crippen LogP contribution in [0.4, 0.5) is 0 Å². The van der Waals surface area contributed by atoms with E-state index in [4.69, 9.17) is 18.6 Å². The summed E-state index contributed by atoms with van der Waals surface area (Å²) in [5, 5.41) is 22.1. The summed E-state index contributed by atoms with van der Waals surface area (Å²) in [6, 6.07) is 0. The maximum Gasteiger partial charge on any atom is 0.342 e. The molecule has 2 saturated heterocycles. The highest BCUT2D eigenvalue weighted by Gasteiger charge is 2.71. The second-order valence-corrected chi connectivity index (χ2v) is 9.45. The molecule has 0 bridgehead atoms. The summed E-state index contributed by atoms with van der Waals surface area (Å²) in [6.45, 7) is 14.3. The SMILES string of the molecule is COc1c(C)c(C(C)(O)[C@@H](O)/C(C)=C/C(C)=C/[C@]2(C)O[C@H](C)[C@@]3(C)O[C@H]32)oc(=O)c1C. The van der Waals surface area contributed by atoms with Crippen LogP contribution in [0, 0.1) is 13.8 Å². The Morgan fingerprint density at radius 2 is 1.84 bits per heavy atom. The fraction of sp³-hybridized carbons (Fsp3) is 0.625. The van der Waals surface area contributed by atoms with Crippen LogP contribution < -0.4 is 10.4 Å². The monoisotopic (exact) mass is 434 g/mol. The third-order valence-corrected chi connectivity index (χ3v) is 6.71. The van der Waals surface area contributed by atoms with Crippen molar-refractivity contribution < 1.29 is 28.8 Å². The fourth-order valence-corrected chi connectivity index (χ4v) is 4.90. The summed E-state index contributed by atoms with van der Waals surface area (Å²) in [4.78, 5) is 12.2. The Bertz CT molecular complexity index is 1000. The molecule has 2 aliphatic heterocycles. The van der Waals surface area contributed by atoms with Crippen molar-refractivity contribution in [2.45, 2.75) is 90.5 Å². The Morgan fingerprint density at radius 3 is 2.32 bits per heavy atom. The van der Waals surface area contributed by atoms with E-state index in [0.717, 1.165) is 5.57 Å². The number of epoxide rings is 1. The zero-order valence-electron chi connectivity index (χ0n) is 19.8. The van der Waals surface area contributed by atoms with Gasteiger partial charge in [-0.2, -0.15) is 0 Å². The Labute approximate surface area is 183 Å². The van der Waals surface area contributed by atoms with Gasteiger partial charge in [0.15, 0.2) is 0 Å². The van der Waals surface area contributed by atoms with Crippen molar-refractivity contribution in [3.63, 3.8) is 0 Å². The van der Waals surface area contributed by atoms with Crippen molar-refractivity contribution in [3.05, 3.63) is 50.6 Å². The molecule has 6 atom stereocenters. The number of hydrogen-bond acceptors (Lipinski definition) is 7. The highest BCUT2D eigenvalue weighted by atomic mass is 16.7. The summed E-state index contributed by atoms with van der Waals surface area (Å²) in [6.07, 6.45) is 2.44. The predicted molar refractivity (Wildman–Crippen MR) is 116 cm³/mol. The van der Waals surface area contributed by atoms with E-state index in [-0.39, 0.29) is 23.6 Å². The number of fused-ring (bicyclic) bond motifs is 1. The normalized spacial score (nSPS) is 33.6. The first-order valence-electron chi connectivity index (χ1n) is 10.5. The van der Waals surface area contributed by atoms with Gasteiger partial charge in [0.05, 0.1) is 18.8 Å². The van der Waals surface area contributed by atoms with Crippen LogP contribution in [0.3, 0.4) is 0 Å². The zero-order chi connectivity index (χ0) is 23.5. The summed E-state index contributed by atoms with van der Waals surface area (Å²) in [5.41, 5.74) is -1.12. The van der Waals surface area contributed by atoms with Crippen molar-refractivity contribution >= 4 is 0 Å². The van der Waals surface area contributed by atoms with Crippen molar-refractivity contribution in [1.82, 2.24) is 0 Å². The lowest BCUT2D eigenvalue weighted by atomic mass is 9.87. The molecule has 7 heteroatoms. The lowest BCUT2D eigenvalue weighted by molar-refractivity contribution is -0.0720. The van der Waals surface area contributed by atoms with E-state index in [1.807, 2.05) is 33.8 Å². The topological polar surface area (TPSA) is 102 Å². The van der Waals surface area contributed by atoms with Crippen LogP contribution >= 0.6 is 0 Å². The Morgan fingerprint density at radius 1 is 1.23 bits per heavy atom. The van der Waals surface area contributed by atoms with Gasteiger partial charge >= 0.3 is 5.63 Å². The quantitative estimate of drug-likeness (QED) is 0.524. The summed E-state index contributed by atoms with van der Waals surface area (Å²) in [7, 11) is 1.45. The van der Waals surface area contributed by atoms with Crippen LogP contribution in [0.25, 0.3) is 0 Å². The van der Waals surface area contributed by atoms with Gasteiger partial charge in [0.1, 0.15) is 40.5 Å². The maximum atomic E-state index is 12.2. The lowest BCUT2D eigenvalue weighted by Gasteiger charge is -2.30. The molecular weight excluding hydrogens is 400 g/mol.